The van der Waals surface area contributed by atoms with Crippen molar-refractivity contribution in [2.24, 2.45) is 23.7 Å². The number of carbonyl (C=O) groups is 1. The van der Waals surface area contributed by atoms with Crippen LogP contribution in [0.3, 0.4) is 0 Å². The molecule has 0 atom stereocenters. The Hall–Kier alpha value is -0.800. The minimum absolute atomic E-state index is 0.0708. The van der Waals surface area contributed by atoms with Crippen LogP contribution in [-0.4, -0.2) is 16.9 Å². The SMILES string of the molecule is O=C(NC1C2CC3CC(C2)CC1C3)c1cnc(Cl)c(Cl)c1. The topological polar surface area (TPSA) is 42.0 Å². The first-order valence-electron chi connectivity index (χ1n) is 7.72. The lowest BCUT2D eigenvalue weighted by atomic mass is 9.54. The van der Waals surface area contributed by atoms with E-state index in [1.54, 1.807) is 6.07 Å². The van der Waals surface area contributed by atoms with Crippen LogP contribution in [0.15, 0.2) is 12.3 Å². The summed E-state index contributed by atoms with van der Waals surface area (Å²) in [6.07, 6.45) is 8.08. The monoisotopic (exact) mass is 324 g/mol. The van der Waals surface area contributed by atoms with Crippen LogP contribution in [0.5, 0.6) is 0 Å². The minimum Gasteiger partial charge on any atom is -0.349 e. The molecule has 0 aliphatic heterocycles. The molecule has 1 heterocycles. The van der Waals surface area contributed by atoms with E-state index in [1.165, 1.54) is 38.3 Å². The van der Waals surface area contributed by atoms with Gasteiger partial charge in [-0.2, -0.15) is 0 Å². The van der Waals surface area contributed by atoms with Crippen LogP contribution in [0.1, 0.15) is 42.5 Å². The van der Waals surface area contributed by atoms with Gasteiger partial charge in [-0.1, -0.05) is 23.2 Å². The zero-order valence-corrected chi connectivity index (χ0v) is 13.2. The highest BCUT2D eigenvalue weighted by atomic mass is 35.5. The molecule has 1 aromatic heterocycles. The van der Waals surface area contributed by atoms with E-state index in [0.29, 0.717) is 28.5 Å². The average molecular weight is 325 g/mol. The van der Waals surface area contributed by atoms with Crippen LogP contribution in [0.4, 0.5) is 0 Å². The Balaban J connectivity index is 1.50. The number of nitrogens with zero attached hydrogens (tertiary/aromatic N) is 1. The summed E-state index contributed by atoms with van der Waals surface area (Å²) in [7, 11) is 0. The van der Waals surface area contributed by atoms with Crippen LogP contribution in [-0.2, 0) is 0 Å². The fourth-order valence-electron chi connectivity index (χ4n) is 4.94. The van der Waals surface area contributed by atoms with Gasteiger partial charge in [0, 0.05) is 12.2 Å². The van der Waals surface area contributed by atoms with Crippen LogP contribution < -0.4 is 5.32 Å². The molecule has 4 saturated carbocycles. The number of nitrogens with one attached hydrogen (secondary N) is 1. The highest BCUT2D eigenvalue weighted by molar-refractivity contribution is 6.41. The second kappa shape index (κ2) is 5.13. The third-order valence-electron chi connectivity index (χ3n) is 5.58. The van der Waals surface area contributed by atoms with Gasteiger partial charge in [0.05, 0.1) is 10.6 Å². The van der Waals surface area contributed by atoms with Crippen molar-refractivity contribution in [3.63, 3.8) is 0 Å². The van der Waals surface area contributed by atoms with E-state index in [4.69, 9.17) is 23.2 Å². The van der Waals surface area contributed by atoms with E-state index in [0.717, 1.165) is 11.8 Å². The number of hydrogen-bond acceptors (Lipinski definition) is 2. The number of amides is 1. The molecule has 0 radical (unpaired) electrons. The molecule has 1 aromatic rings. The van der Waals surface area contributed by atoms with Gasteiger partial charge < -0.3 is 5.32 Å². The largest absolute Gasteiger partial charge is 0.349 e. The van der Waals surface area contributed by atoms with Crippen molar-refractivity contribution in [2.45, 2.75) is 38.1 Å². The van der Waals surface area contributed by atoms with Gasteiger partial charge in [0.2, 0.25) is 0 Å². The van der Waals surface area contributed by atoms with Gasteiger partial charge in [0.15, 0.2) is 0 Å². The molecule has 4 aliphatic carbocycles. The zero-order chi connectivity index (χ0) is 14.6. The van der Waals surface area contributed by atoms with Crippen molar-refractivity contribution >= 4 is 29.1 Å². The molecule has 4 fully saturated rings. The Labute approximate surface area is 134 Å². The lowest BCUT2D eigenvalue weighted by Gasteiger charge is -2.54. The zero-order valence-electron chi connectivity index (χ0n) is 11.7. The molecule has 4 bridgehead atoms. The predicted molar refractivity (Wildman–Crippen MR) is 82.6 cm³/mol. The average Bonchev–Trinajstić information content (AvgIpc) is 2.45. The lowest BCUT2D eigenvalue weighted by Crippen LogP contribution is -2.55. The third kappa shape index (κ3) is 2.44. The molecular formula is C16H18Cl2N2O. The van der Waals surface area contributed by atoms with Gasteiger partial charge in [-0.25, -0.2) is 4.98 Å². The lowest BCUT2D eigenvalue weighted by molar-refractivity contribution is -0.0119. The molecule has 0 aromatic carbocycles. The quantitative estimate of drug-likeness (QED) is 0.837. The van der Waals surface area contributed by atoms with Crippen molar-refractivity contribution in [2.75, 3.05) is 0 Å². The molecule has 0 spiro atoms. The summed E-state index contributed by atoms with van der Waals surface area (Å²) in [4.78, 5) is 16.4. The van der Waals surface area contributed by atoms with Crippen molar-refractivity contribution < 1.29 is 4.79 Å². The summed E-state index contributed by atoms with van der Waals surface area (Å²) in [5, 5.41) is 3.81. The number of aromatic nitrogens is 1. The first-order chi connectivity index (χ1) is 10.1. The second-order valence-corrected chi connectivity index (χ2v) is 7.69. The molecule has 1 N–H and O–H groups in total. The highest BCUT2D eigenvalue weighted by Crippen LogP contribution is 2.53. The summed E-state index contributed by atoms with van der Waals surface area (Å²) in [5.74, 6) is 3.08. The van der Waals surface area contributed by atoms with E-state index in [-0.39, 0.29) is 11.1 Å². The fraction of sp³-hybridized carbons (Fsp3) is 0.625. The van der Waals surface area contributed by atoms with E-state index in [1.807, 2.05) is 0 Å². The molecule has 0 saturated heterocycles. The fourth-order valence-corrected chi connectivity index (χ4v) is 5.21. The Bertz CT molecular complexity index is 562. The molecule has 1 amide bonds. The first-order valence-corrected chi connectivity index (χ1v) is 8.47. The van der Waals surface area contributed by atoms with E-state index in [9.17, 15) is 4.79 Å². The van der Waals surface area contributed by atoms with Crippen LogP contribution in [0, 0.1) is 23.7 Å². The Kier molecular flexibility index (Phi) is 3.38. The van der Waals surface area contributed by atoms with Crippen molar-refractivity contribution in [1.29, 1.82) is 0 Å². The molecule has 5 heteroatoms. The molecule has 5 rings (SSSR count). The normalized spacial score (nSPS) is 36.8. The summed E-state index contributed by atoms with van der Waals surface area (Å²) in [6, 6.07) is 1.93. The van der Waals surface area contributed by atoms with Gasteiger partial charge in [-0.15, -0.1) is 0 Å². The van der Waals surface area contributed by atoms with Gasteiger partial charge >= 0.3 is 0 Å². The second-order valence-electron chi connectivity index (χ2n) is 6.93. The molecule has 4 aliphatic rings. The van der Waals surface area contributed by atoms with Crippen LogP contribution in [0.2, 0.25) is 10.2 Å². The number of pyridine rings is 1. The maximum atomic E-state index is 12.4. The maximum absolute atomic E-state index is 12.4. The molecule has 3 nitrogen and oxygen atoms in total. The highest BCUT2D eigenvalue weighted by Gasteiger charge is 2.48. The van der Waals surface area contributed by atoms with Crippen molar-refractivity contribution in [3.8, 4) is 0 Å². The van der Waals surface area contributed by atoms with E-state index >= 15 is 0 Å². The van der Waals surface area contributed by atoms with E-state index in [2.05, 4.69) is 10.3 Å². The molecular weight excluding hydrogens is 307 g/mol. The van der Waals surface area contributed by atoms with Gasteiger partial charge in [-0.05, 0) is 61.8 Å². The summed E-state index contributed by atoms with van der Waals surface area (Å²) >= 11 is 11.7. The predicted octanol–water partition coefficient (Wildman–Crippen LogP) is 3.94. The first kappa shape index (κ1) is 13.8. The number of carbonyl (C=O) groups excluding carboxylic acids is 1. The summed E-state index contributed by atoms with van der Waals surface area (Å²) < 4.78 is 0. The molecule has 112 valence electrons. The Morgan fingerprint density at radius 2 is 1.71 bits per heavy atom. The van der Waals surface area contributed by atoms with Crippen LogP contribution >= 0.6 is 23.2 Å². The molecule has 0 unspecified atom stereocenters. The Morgan fingerprint density at radius 3 is 2.29 bits per heavy atom. The standard InChI is InChI=1S/C16H18Cl2N2O/c17-13-6-12(7-19-15(13)18)16(21)20-14-10-2-8-1-9(4-10)5-11(14)3-8/h6-11,14H,1-5H2,(H,20,21). The summed E-state index contributed by atoms with van der Waals surface area (Å²) in [6.45, 7) is 0. The summed E-state index contributed by atoms with van der Waals surface area (Å²) in [5.41, 5.74) is 0.498. The van der Waals surface area contributed by atoms with E-state index < -0.39 is 0 Å². The van der Waals surface area contributed by atoms with Crippen molar-refractivity contribution in [1.82, 2.24) is 10.3 Å². The smallest absolute Gasteiger partial charge is 0.253 e. The van der Waals surface area contributed by atoms with Gasteiger partial charge in [0.25, 0.3) is 5.91 Å². The van der Waals surface area contributed by atoms with Gasteiger partial charge in [0.1, 0.15) is 5.15 Å². The number of hydrogen-bond donors (Lipinski definition) is 1. The minimum atomic E-state index is -0.0708. The number of rotatable bonds is 2. The van der Waals surface area contributed by atoms with Crippen LogP contribution in [0.25, 0.3) is 0 Å². The number of halogens is 2. The third-order valence-corrected chi connectivity index (χ3v) is 6.27. The Morgan fingerprint density at radius 1 is 1.10 bits per heavy atom. The van der Waals surface area contributed by atoms with Crippen molar-refractivity contribution in [3.05, 3.63) is 28.0 Å². The van der Waals surface area contributed by atoms with Gasteiger partial charge in [-0.3, -0.25) is 4.79 Å². The molecule has 21 heavy (non-hydrogen) atoms. The maximum Gasteiger partial charge on any atom is 0.253 e.